The zero-order valence-corrected chi connectivity index (χ0v) is 11.6. The maximum Gasteiger partial charge on any atom is 0.0626 e. The van der Waals surface area contributed by atoms with Crippen LogP contribution in [0, 0.1) is 11.8 Å². The molecule has 3 atom stereocenters. The SMILES string of the molecule is CCNC(COC1CCCCC1CC)C1CC1. The highest BCUT2D eigenvalue weighted by Gasteiger charge is 2.32. The minimum absolute atomic E-state index is 0.550. The Morgan fingerprint density at radius 2 is 1.88 bits per heavy atom. The van der Waals surface area contributed by atoms with Gasteiger partial charge in [0.05, 0.1) is 12.7 Å². The van der Waals surface area contributed by atoms with Gasteiger partial charge >= 0.3 is 0 Å². The van der Waals surface area contributed by atoms with Crippen molar-refractivity contribution in [3.05, 3.63) is 0 Å². The average Bonchev–Trinajstić information content (AvgIpc) is 3.19. The van der Waals surface area contributed by atoms with Crippen molar-refractivity contribution < 1.29 is 4.74 Å². The number of hydrogen-bond donors (Lipinski definition) is 1. The van der Waals surface area contributed by atoms with Gasteiger partial charge in [-0.3, -0.25) is 0 Å². The number of hydrogen-bond acceptors (Lipinski definition) is 2. The molecule has 17 heavy (non-hydrogen) atoms. The van der Waals surface area contributed by atoms with E-state index in [4.69, 9.17) is 4.74 Å². The van der Waals surface area contributed by atoms with Gasteiger partial charge in [0.25, 0.3) is 0 Å². The molecule has 0 aromatic heterocycles. The second-order valence-electron chi connectivity index (χ2n) is 5.83. The molecule has 2 aliphatic carbocycles. The lowest BCUT2D eigenvalue weighted by Crippen LogP contribution is -2.38. The van der Waals surface area contributed by atoms with Crippen molar-refractivity contribution in [1.29, 1.82) is 0 Å². The molecule has 0 heterocycles. The summed E-state index contributed by atoms with van der Waals surface area (Å²) in [6, 6.07) is 0.624. The maximum absolute atomic E-state index is 6.24. The van der Waals surface area contributed by atoms with E-state index in [1.165, 1.54) is 44.9 Å². The van der Waals surface area contributed by atoms with Crippen molar-refractivity contribution in [3.63, 3.8) is 0 Å². The van der Waals surface area contributed by atoms with Gasteiger partial charge in [0, 0.05) is 6.04 Å². The molecule has 0 saturated heterocycles. The fourth-order valence-electron chi connectivity index (χ4n) is 3.21. The van der Waals surface area contributed by atoms with Crippen molar-refractivity contribution >= 4 is 0 Å². The molecule has 0 aliphatic heterocycles. The molecule has 0 bridgehead atoms. The van der Waals surface area contributed by atoms with Gasteiger partial charge in [-0.1, -0.05) is 33.1 Å². The summed E-state index contributed by atoms with van der Waals surface area (Å²) in [5, 5.41) is 3.59. The van der Waals surface area contributed by atoms with Crippen LogP contribution in [0.5, 0.6) is 0 Å². The minimum atomic E-state index is 0.550. The van der Waals surface area contributed by atoms with Gasteiger partial charge in [0.1, 0.15) is 0 Å². The van der Waals surface area contributed by atoms with Crippen LogP contribution in [0.4, 0.5) is 0 Å². The molecular formula is C15H29NO. The Morgan fingerprint density at radius 3 is 2.53 bits per heavy atom. The van der Waals surface area contributed by atoms with Crippen LogP contribution in [0.3, 0.4) is 0 Å². The third kappa shape index (κ3) is 3.96. The van der Waals surface area contributed by atoms with E-state index in [1.807, 2.05) is 0 Å². The van der Waals surface area contributed by atoms with Gasteiger partial charge in [-0.2, -0.15) is 0 Å². The zero-order valence-electron chi connectivity index (χ0n) is 11.6. The largest absolute Gasteiger partial charge is 0.376 e. The van der Waals surface area contributed by atoms with Crippen molar-refractivity contribution in [3.8, 4) is 0 Å². The molecule has 1 N–H and O–H groups in total. The number of ether oxygens (including phenoxy) is 1. The van der Waals surface area contributed by atoms with Gasteiger partial charge in [0.15, 0.2) is 0 Å². The molecule has 0 spiro atoms. The molecule has 0 aromatic rings. The smallest absolute Gasteiger partial charge is 0.0626 e. The second kappa shape index (κ2) is 6.75. The molecular weight excluding hydrogens is 210 g/mol. The molecule has 2 rings (SSSR count). The van der Waals surface area contributed by atoms with Crippen LogP contribution in [0.1, 0.15) is 58.8 Å². The van der Waals surface area contributed by atoms with Crippen LogP contribution in [0.2, 0.25) is 0 Å². The molecule has 2 heteroatoms. The van der Waals surface area contributed by atoms with E-state index in [-0.39, 0.29) is 0 Å². The Bertz CT molecular complexity index is 215. The van der Waals surface area contributed by atoms with Gasteiger partial charge < -0.3 is 10.1 Å². The van der Waals surface area contributed by atoms with E-state index in [0.717, 1.165) is 25.0 Å². The monoisotopic (exact) mass is 239 g/mol. The van der Waals surface area contributed by atoms with Crippen LogP contribution >= 0.6 is 0 Å². The highest BCUT2D eigenvalue weighted by atomic mass is 16.5. The summed E-state index contributed by atoms with van der Waals surface area (Å²) < 4.78 is 6.24. The van der Waals surface area contributed by atoms with E-state index >= 15 is 0 Å². The van der Waals surface area contributed by atoms with Crippen LogP contribution in [-0.2, 0) is 4.74 Å². The van der Waals surface area contributed by atoms with Crippen LogP contribution in [0.15, 0.2) is 0 Å². The van der Waals surface area contributed by atoms with Crippen LogP contribution in [0.25, 0.3) is 0 Å². The summed E-state index contributed by atoms with van der Waals surface area (Å²) in [5.41, 5.74) is 0. The Labute approximate surface area is 107 Å². The fraction of sp³-hybridized carbons (Fsp3) is 1.00. The van der Waals surface area contributed by atoms with E-state index < -0.39 is 0 Å². The molecule has 100 valence electrons. The lowest BCUT2D eigenvalue weighted by atomic mass is 9.85. The third-order valence-electron chi connectivity index (χ3n) is 4.51. The first-order valence-electron chi connectivity index (χ1n) is 7.70. The fourth-order valence-corrected chi connectivity index (χ4v) is 3.21. The molecule has 2 aliphatic rings. The van der Waals surface area contributed by atoms with Gasteiger partial charge in [-0.25, -0.2) is 0 Å². The van der Waals surface area contributed by atoms with Crippen LogP contribution in [-0.4, -0.2) is 25.3 Å². The first-order valence-corrected chi connectivity index (χ1v) is 7.70. The topological polar surface area (TPSA) is 21.3 Å². The lowest BCUT2D eigenvalue weighted by Gasteiger charge is -2.32. The molecule has 0 aromatic carbocycles. The molecule has 0 amide bonds. The van der Waals surface area contributed by atoms with Crippen molar-refractivity contribution in [2.24, 2.45) is 11.8 Å². The highest BCUT2D eigenvalue weighted by molar-refractivity contribution is 4.86. The Balaban J connectivity index is 1.74. The van der Waals surface area contributed by atoms with Gasteiger partial charge in [-0.15, -0.1) is 0 Å². The normalized spacial score (nSPS) is 31.4. The summed E-state index contributed by atoms with van der Waals surface area (Å²) in [6.07, 6.45) is 10.1. The van der Waals surface area contributed by atoms with Crippen molar-refractivity contribution in [1.82, 2.24) is 5.32 Å². The van der Waals surface area contributed by atoms with E-state index in [1.54, 1.807) is 0 Å². The van der Waals surface area contributed by atoms with E-state index in [9.17, 15) is 0 Å². The summed E-state index contributed by atoms with van der Waals surface area (Å²) >= 11 is 0. The maximum atomic E-state index is 6.24. The summed E-state index contributed by atoms with van der Waals surface area (Å²) in [4.78, 5) is 0. The van der Waals surface area contributed by atoms with E-state index in [0.29, 0.717) is 12.1 Å². The van der Waals surface area contributed by atoms with Gasteiger partial charge in [-0.05, 0) is 44.1 Å². The van der Waals surface area contributed by atoms with Crippen LogP contribution < -0.4 is 5.32 Å². The highest BCUT2D eigenvalue weighted by Crippen LogP contribution is 2.34. The Hall–Kier alpha value is -0.0800. The first-order chi connectivity index (χ1) is 8.35. The predicted molar refractivity (Wildman–Crippen MR) is 72.2 cm³/mol. The van der Waals surface area contributed by atoms with Gasteiger partial charge in [0.2, 0.25) is 0 Å². The van der Waals surface area contributed by atoms with Crippen molar-refractivity contribution in [2.75, 3.05) is 13.2 Å². The molecule has 3 unspecified atom stereocenters. The first kappa shape index (κ1) is 13.4. The second-order valence-corrected chi connectivity index (χ2v) is 5.83. The molecule has 2 saturated carbocycles. The summed E-state index contributed by atoms with van der Waals surface area (Å²) in [6.45, 7) is 6.53. The molecule has 2 nitrogen and oxygen atoms in total. The molecule has 2 fully saturated rings. The number of likely N-dealkylation sites (N-methyl/N-ethyl adjacent to an activating group) is 1. The van der Waals surface area contributed by atoms with E-state index in [2.05, 4.69) is 19.2 Å². The standard InChI is InChI=1S/C15H29NO/c1-3-12-7-5-6-8-15(12)17-11-14(16-4-2)13-9-10-13/h12-16H,3-11H2,1-2H3. The average molecular weight is 239 g/mol. The third-order valence-corrected chi connectivity index (χ3v) is 4.51. The number of nitrogens with one attached hydrogen (secondary N) is 1. The summed E-state index contributed by atoms with van der Waals surface area (Å²) in [7, 11) is 0. The zero-order chi connectivity index (χ0) is 12.1. The Morgan fingerprint density at radius 1 is 1.12 bits per heavy atom. The minimum Gasteiger partial charge on any atom is -0.376 e. The Kier molecular flexibility index (Phi) is 5.30. The summed E-state index contributed by atoms with van der Waals surface area (Å²) in [5.74, 6) is 1.73. The van der Waals surface area contributed by atoms with Crippen molar-refractivity contribution in [2.45, 2.75) is 70.9 Å². The predicted octanol–water partition coefficient (Wildman–Crippen LogP) is 3.36. The quantitative estimate of drug-likeness (QED) is 0.735. The number of rotatable bonds is 7. The molecule has 0 radical (unpaired) electrons. The lowest BCUT2D eigenvalue weighted by molar-refractivity contribution is -0.0235.